The van der Waals surface area contributed by atoms with Gasteiger partial charge in [-0.25, -0.2) is 4.39 Å². The SMILES string of the molecule is CN=C(NCC(C)CN1CCCC1)NCC1(c2ccccc2F)CC1.I. The minimum absolute atomic E-state index is 0. The van der Waals surface area contributed by atoms with Crippen molar-refractivity contribution in [2.24, 2.45) is 10.9 Å². The van der Waals surface area contributed by atoms with E-state index in [2.05, 4.69) is 27.4 Å². The molecule has 1 saturated carbocycles. The normalized spacial score (nSPS) is 20.3. The fraction of sp³-hybridized carbons (Fsp3) is 0.650. The fourth-order valence-electron chi connectivity index (χ4n) is 3.80. The molecule has 2 fully saturated rings. The van der Waals surface area contributed by atoms with Crippen molar-refractivity contribution in [3.05, 3.63) is 35.6 Å². The molecule has 1 aliphatic carbocycles. The summed E-state index contributed by atoms with van der Waals surface area (Å²) in [5.41, 5.74) is 0.768. The Bertz CT molecular complexity index is 597. The Morgan fingerprint density at radius 2 is 1.92 bits per heavy atom. The lowest BCUT2D eigenvalue weighted by Crippen LogP contribution is -2.44. The first kappa shape index (κ1) is 21.4. The lowest BCUT2D eigenvalue weighted by atomic mass is 9.95. The lowest BCUT2D eigenvalue weighted by molar-refractivity contribution is 0.287. The molecule has 4 nitrogen and oxygen atoms in total. The molecule has 0 bridgehead atoms. The Kier molecular flexibility index (Phi) is 8.13. The lowest BCUT2D eigenvalue weighted by Gasteiger charge is -2.23. The van der Waals surface area contributed by atoms with Crippen LogP contribution < -0.4 is 10.6 Å². The summed E-state index contributed by atoms with van der Waals surface area (Å²) in [7, 11) is 1.79. The van der Waals surface area contributed by atoms with Crippen molar-refractivity contribution in [1.29, 1.82) is 0 Å². The van der Waals surface area contributed by atoms with E-state index in [1.807, 2.05) is 12.1 Å². The first-order valence-electron chi connectivity index (χ1n) is 9.55. The standard InChI is InChI=1S/C20H31FN4.HI/c1-16(14-25-11-5-6-12-25)13-23-19(22-2)24-15-20(9-10-20)17-7-3-4-8-18(17)21;/h3-4,7-8,16H,5-6,9-15H2,1-2H3,(H2,22,23,24);1H. The number of nitrogens with zero attached hydrogens (tertiary/aromatic N) is 2. The number of guanidine groups is 1. The van der Waals surface area contributed by atoms with Crippen LogP contribution in [0.5, 0.6) is 0 Å². The van der Waals surface area contributed by atoms with Crippen molar-refractivity contribution in [1.82, 2.24) is 15.5 Å². The van der Waals surface area contributed by atoms with Crippen LogP contribution >= 0.6 is 24.0 Å². The molecule has 1 atom stereocenters. The van der Waals surface area contributed by atoms with Crippen molar-refractivity contribution in [3.8, 4) is 0 Å². The molecule has 0 aromatic heterocycles. The van der Waals surface area contributed by atoms with E-state index in [0.717, 1.165) is 44.0 Å². The highest BCUT2D eigenvalue weighted by atomic mass is 127. The van der Waals surface area contributed by atoms with Crippen molar-refractivity contribution >= 4 is 29.9 Å². The summed E-state index contributed by atoms with van der Waals surface area (Å²) in [6.45, 7) is 7.53. The number of likely N-dealkylation sites (tertiary alicyclic amines) is 1. The van der Waals surface area contributed by atoms with Crippen LogP contribution in [0.2, 0.25) is 0 Å². The predicted octanol–water partition coefficient (Wildman–Crippen LogP) is 3.37. The van der Waals surface area contributed by atoms with Gasteiger partial charge in [0.1, 0.15) is 5.82 Å². The summed E-state index contributed by atoms with van der Waals surface area (Å²) in [5.74, 6) is 1.30. The van der Waals surface area contributed by atoms with Gasteiger partial charge in [-0.05, 0) is 56.3 Å². The number of hydrogen-bond acceptors (Lipinski definition) is 2. The van der Waals surface area contributed by atoms with Crippen LogP contribution in [0.15, 0.2) is 29.3 Å². The van der Waals surface area contributed by atoms with Gasteiger partial charge >= 0.3 is 0 Å². The third-order valence-electron chi connectivity index (χ3n) is 5.50. The van der Waals surface area contributed by atoms with Crippen LogP contribution in [0, 0.1) is 11.7 Å². The molecule has 2 N–H and O–H groups in total. The van der Waals surface area contributed by atoms with E-state index in [0.29, 0.717) is 5.92 Å². The number of rotatable bonds is 7. The van der Waals surface area contributed by atoms with Gasteiger partial charge in [0, 0.05) is 32.1 Å². The molecule has 1 aromatic carbocycles. The minimum atomic E-state index is -0.0935. The van der Waals surface area contributed by atoms with Gasteiger partial charge in [0.15, 0.2) is 5.96 Å². The molecular formula is C20H32FIN4. The number of aliphatic imine (C=N–C) groups is 1. The highest BCUT2D eigenvalue weighted by molar-refractivity contribution is 14.0. The number of nitrogens with one attached hydrogen (secondary N) is 2. The third kappa shape index (κ3) is 5.55. The van der Waals surface area contributed by atoms with Gasteiger partial charge in [0.2, 0.25) is 0 Å². The zero-order valence-corrected chi connectivity index (χ0v) is 18.3. The maximum absolute atomic E-state index is 14.1. The van der Waals surface area contributed by atoms with Crippen LogP contribution in [0.1, 0.15) is 38.2 Å². The van der Waals surface area contributed by atoms with Crippen LogP contribution in [0.3, 0.4) is 0 Å². The monoisotopic (exact) mass is 474 g/mol. The molecule has 1 saturated heterocycles. The number of benzene rings is 1. The highest BCUT2D eigenvalue weighted by Gasteiger charge is 2.45. The van der Waals surface area contributed by atoms with E-state index in [1.165, 1.54) is 25.9 Å². The van der Waals surface area contributed by atoms with Gasteiger partial charge in [0.25, 0.3) is 0 Å². The van der Waals surface area contributed by atoms with Crippen LogP contribution in [0.25, 0.3) is 0 Å². The van der Waals surface area contributed by atoms with E-state index in [4.69, 9.17) is 0 Å². The van der Waals surface area contributed by atoms with Gasteiger partial charge in [0.05, 0.1) is 0 Å². The summed E-state index contributed by atoms with van der Waals surface area (Å²) in [6, 6.07) is 7.15. The van der Waals surface area contributed by atoms with Crippen LogP contribution in [-0.4, -0.2) is 50.6 Å². The second-order valence-corrected chi connectivity index (χ2v) is 7.68. The van der Waals surface area contributed by atoms with E-state index >= 15 is 0 Å². The third-order valence-corrected chi connectivity index (χ3v) is 5.50. The van der Waals surface area contributed by atoms with E-state index < -0.39 is 0 Å². The maximum atomic E-state index is 14.1. The molecule has 1 unspecified atom stereocenters. The molecule has 2 aliphatic rings. The molecule has 146 valence electrons. The van der Waals surface area contributed by atoms with Gasteiger partial charge in [-0.15, -0.1) is 24.0 Å². The van der Waals surface area contributed by atoms with Gasteiger partial charge in [-0.2, -0.15) is 0 Å². The smallest absolute Gasteiger partial charge is 0.191 e. The number of hydrogen-bond donors (Lipinski definition) is 2. The molecule has 3 rings (SSSR count). The Hall–Kier alpha value is -0.890. The molecule has 1 aromatic rings. The van der Waals surface area contributed by atoms with Gasteiger partial charge in [-0.3, -0.25) is 4.99 Å². The summed E-state index contributed by atoms with van der Waals surface area (Å²) >= 11 is 0. The van der Waals surface area contributed by atoms with Crippen molar-refractivity contribution in [2.75, 3.05) is 39.8 Å². The molecule has 6 heteroatoms. The molecule has 0 amide bonds. The summed E-state index contributed by atoms with van der Waals surface area (Å²) < 4.78 is 14.1. The Morgan fingerprint density at radius 1 is 1.23 bits per heavy atom. The summed E-state index contributed by atoms with van der Waals surface area (Å²) in [4.78, 5) is 6.87. The van der Waals surface area contributed by atoms with E-state index in [1.54, 1.807) is 19.2 Å². The van der Waals surface area contributed by atoms with Crippen molar-refractivity contribution in [3.63, 3.8) is 0 Å². The average Bonchev–Trinajstić information content (AvgIpc) is 3.22. The summed E-state index contributed by atoms with van der Waals surface area (Å²) in [6.07, 6.45) is 4.73. The first-order chi connectivity index (χ1) is 12.1. The topological polar surface area (TPSA) is 39.7 Å². The molecule has 1 heterocycles. The minimum Gasteiger partial charge on any atom is -0.356 e. The largest absolute Gasteiger partial charge is 0.356 e. The van der Waals surface area contributed by atoms with Crippen molar-refractivity contribution in [2.45, 2.75) is 38.0 Å². The van der Waals surface area contributed by atoms with E-state index in [9.17, 15) is 4.39 Å². The molecular weight excluding hydrogens is 442 g/mol. The first-order valence-corrected chi connectivity index (χ1v) is 9.55. The van der Waals surface area contributed by atoms with Gasteiger partial charge in [-0.1, -0.05) is 25.1 Å². The predicted molar refractivity (Wildman–Crippen MR) is 117 cm³/mol. The van der Waals surface area contributed by atoms with Crippen molar-refractivity contribution < 1.29 is 4.39 Å². The Labute approximate surface area is 174 Å². The summed E-state index contributed by atoms with van der Waals surface area (Å²) in [5, 5.41) is 6.83. The maximum Gasteiger partial charge on any atom is 0.191 e. The highest BCUT2D eigenvalue weighted by Crippen LogP contribution is 2.48. The molecule has 0 radical (unpaired) electrons. The fourth-order valence-corrected chi connectivity index (χ4v) is 3.80. The molecule has 0 spiro atoms. The zero-order valence-electron chi connectivity index (χ0n) is 15.9. The van der Waals surface area contributed by atoms with Crippen LogP contribution in [0.4, 0.5) is 4.39 Å². The second-order valence-electron chi connectivity index (χ2n) is 7.68. The molecule has 1 aliphatic heterocycles. The van der Waals surface area contributed by atoms with E-state index in [-0.39, 0.29) is 35.2 Å². The second kappa shape index (κ2) is 9.88. The van der Waals surface area contributed by atoms with Crippen LogP contribution in [-0.2, 0) is 5.41 Å². The number of halogens is 2. The molecule has 26 heavy (non-hydrogen) atoms. The average molecular weight is 474 g/mol. The quantitative estimate of drug-likeness (QED) is 0.362. The Morgan fingerprint density at radius 3 is 2.54 bits per heavy atom. The Balaban J connectivity index is 0.00000243. The zero-order chi connectivity index (χ0) is 17.7. The van der Waals surface area contributed by atoms with Gasteiger partial charge < -0.3 is 15.5 Å².